The Morgan fingerprint density at radius 3 is 2.12 bits per heavy atom. The minimum absolute atomic E-state index is 0.269. The third kappa shape index (κ3) is 10.4. The van der Waals surface area contributed by atoms with Gasteiger partial charge in [-0.25, -0.2) is 4.79 Å². The zero-order chi connectivity index (χ0) is 19.8. The van der Waals surface area contributed by atoms with E-state index in [0.29, 0.717) is 0 Å². The first-order valence-electron chi connectivity index (χ1n) is 7.37. The van der Waals surface area contributed by atoms with Crippen LogP contribution in [0.3, 0.4) is 0 Å². The number of rotatable bonds is 5. The number of anilines is 1. The zero-order valence-corrected chi connectivity index (χ0v) is 16.8. The lowest BCUT2D eigenvalue weighted by atomic mass is 10.0. The lowest BCUT2D eigenvalue weighted by Crippen LogP contribution is -2.31. The van der Waals surface area contributed by atoms with Crippen LogP contribution in [0.2, 0.25) is 0 Å². The van der Waals surface area contributed by atoms with Crippen LogP contribution in [0.5, 0.6) is 0 Å². The maximum absolute atomic E-state index is 11.8. The number of hydrogen-bond acceptors (Lipinski definition) is 5. The summed E-state index contributed by atoms with van der Waals surface area (Å²) in [6, 6.07) is 3.55. The van der Waals surface area contributed by atoms with Crippen molar-refractivity contribution < 1.29 is 19.4 Å². The lowest BCUT2D eigenvalue weighted by Gasteiger charge is -2.19. The van der Waals surface area contributed by atoms with E-state index in [1.165, 1.54) is 5.56 Å². The standard InChI is InChI=1S/C14H18Cl3NO2.C2H5NO2/c1-8-5-10(3)12(6-9(8)2)18-11(4)13(19)20-7-14(15,16)17;3-1-2(4)5/h5-6,11,18H,7H2,1-4H3;1,3H2,(H,4,5)/t11-;/m0./s1. The van der Waals surface area contributed by atoms with Crippen LogP contribution in [-0.4, -0.2) is 40.0 Å². The summed E-state index contributed by atoms with van der Waals surface area (Å²) in [6.45, 7) is 7.20. The van der Waals surface area contributed by atoms with Crippen molar-refractivity contribution in [3.8, 4) is 0 Å². The van der Waals surface area contributed by atoms with Gasteiger partial charge in [0, 0.05) is 5.69 Å². The fraction of sp³-hybridized carbons (Fsp3) is 0.500. The number of nitrogens with one attached hydrogen (secondary N) is 1. The number of carboxylic acids is 1. The smallest absolute Gasteiger partial charge is 0.328 e. The highest BCUT2D eigenvalue weighted by Crippen LogP contribution is 2.26. The zero-order valence-electron chi connectivity index (χ0n) is 14.5. The third-order valence-corrected chi connectivity index (χ3v) is 3.45. The number of benzene rings is 1. The highest BCUT2D eigenvalue weighted by molar-refractivity contribution is 6.67. The van der Waals surface area contributed by atoms with E-state index in [9.17, 15) is 9.59 Å². The molecular weight excluding hydrogens is 391 g/mol. The Morgan fingerprint density at radius 2 is 1.68 bits per heavy atom. The molecule has 1 atom stereocenters. The fourth-order valence-corrected chi connectivity index (χ4v) is 1.85. The Bertz CT molecular complexity index is 604. The van der Waals surface area contributed by atoms with E-state index < -0.39 is 21.8 Å². The van der Waals surface area contributed by atoms with E-state index in [1.807, 2.05) is 26.8 Å². The van der Waals surface area contributed by atoms with Crippen LogP contribution in [0, 0.1) is 20.8 Å². The maximum atomic E-state index is 11.8. The highest BCUT2D eigenvalue weighted by atomic mass is 35.6. The van der Waals surface area contributed by atoms with E-state index >= 15 is 0 Å². The first-order valence-corrected chi connectivity index (χ1v) is 8.50. The molecule has 9 heteroatoms. The molecule has 0 spiro atoms. The molecule has 0 unspecified atom stereocenters. The molecule has 0 aliphatic rings. The van der Waals surface area contributed by atoms with Gasteiger partial charge < -0.3 is 20.9 Å². The second-order valence-corrected chi connectivity index (χ2v) is 7.95. The van der Waals surface area contributed by atoms with Gasteiger partial charge >= 0.3 is 11.9 Å². The van der Waals surface area contributed by atoms with Crippen LogP contribution in [0.15, 0.2) is 12.1 Å². The summed E-state index contributed by atoms with van der Waals surface area (Å²) in [4.78, 5) is 21.0. The molecule has 0 fully saturated rings. The van der Waals surface area contributed by atoms with Crippen molar-refractivity contribution in [1.29, 1.82) is 0 Å². The van der Waals surface area contributed by atoms with Gasteiger partial charge in [-0.05, 0) is 50.5 Å². The van der Waals surface area contributed by atoms with Gasteiger partial charge in [-0.3, -0.25) is 4.79 Å². The summed E-state index contributed by atoms with van der Waals surface area (Å²) >= 11 is 16.6. The van der Waals surface area contributed by atoms with E-state index in [0.717, 1.165) is 16.8 Å². The Labute approximate surface area is 162 Å². The van der Waals surface area contributed by atoms with Crippen molar-refractivity contribution in [1.82, 2.24) is 0 Å². The molecule has 1 aromatic carbocycles. The molecule has 0 saturated carbocycles. The van der Waals surface area contributed by atoms with Gasteiger partial charge in [0.25, 0.3) is 0 Å². The highest BCUT2D eigenvalue weighted by Gasteiger charge is 2.24. The monoisotopic (exact) mass is 412 g/mol. The molecule has 0 bridgehead atoms. The van der Waals surface area contributed by atoms with E-state index in [1.54, 1.807) is 6.92 Å². The molecule has 0 heterocycles. The molecule has 142 valence electrons. The van der Waals surface area contributed by atoms with Crippen molar-refractivity contribution in [2.75, 3.05) is 18.5 Å². The second-order valence-electron chi connectivity index (χ2n) is 5.44. The van der Waals surface area contributed by atoms with Crippen LogP contribution in [0.4, 0.5) is 5.69 Å². The molecule has 25 heavy (non-hydrogen) atoms. The number of carbonyl (C=O) groups excluding carboxylic acids is 1. The Hall–Kier alpha value is -1.21. The number of alkyl halides is 3. The molecule has 1 rings (SSSR count). The van der Waals surface area contributed by atoms with Crippen molar-refractivity contribution in [3.63, 3.8) is 0 Å². The van der Waals surface area contributed by atoms with Gasteiger partial charge in [0.1, 0.15) is 12.6 Å². The fourth-order valence-electron chi connectivity index (χ4n) is 1.69. The Morgan fingerprint density at radius 1 is 1.20 bits per heavy atom. The Kier molecular flexibility index (Phi) is 10.2. The normalized spacial score (nSPS) is 11.8. The largest absolute Gasteiger partial charge is 0.480 e. The summed E-state index contributed by atoms with van der Waals surface area (Å²) in [7, 11) is 0. The minimum Gasteiger partial charge on any atom is -0.480 e. The topological polar surface area (TPSA) is 102 Å². The first-order chi connectivity index (χ1) is 11.4. The summed E-state index contributed by atoms with van der Waals surface area (Å²) < 4.78 is 3.35. The molecule has 4 N–H and O–H groups in total. The van der Waals surface area contributed by atoms with Crippen LogP contribution in [-0.2, 0) is 14.3 Å². The average Bonchev–Trinajstić information content (AvgIpc) is 2.49. The van der Waals surface area contributed by atoms with Crippen molar-refractivity contribution in [3.05, 3.63) is 28.8 Å². The third-order valence-electron chi connectivity index (χ3n) is 3.12. The van der Waals surface area contributed by atoms with Crippen molar-refractivity contribution in [2.24, 2.45) is 5.73 Å². The molecule has 0 aromatic heterocycles. The van der Waals surface area contributed by atoms with E-state index in [-0.39, 0.29) is 13.2 Å². The number of carboxylic acid groups (broad SMARTS) is 1. The Balaban J connectivity index is 0.00000101. The molecule has 0 amide bonds. The minimum atomic E-state index is -1.59. The van der Waals surface area contributed by atoms with Crippen molar-refractivity contribution >= 4 is 52.4 Å². The number of halogens is 3. The van der Waals surface area contributed by atoms with Gasteiger partial charge in [0.05, 0.1) is 6.54 Å². The quantitative estimate of drug-likeness (QED) is 0.505. The summed E-state index contributed by atoms with van der Waals surface area (Å²) in [6.07, 6.45) is 0. The molecule has 6 nitrogen and oxygen atoms in total. The molecule has 0 saturated heterocycles. The molecule has 0 aliphatic carbocycles. The van der Waals surface area contributed by atoms with Crippen LogP contribution in [0.25, 0.3) is 0 Å². The maximum Gasteiger partial charge on any atom is 0.328 e. The second kappa shape index (κ2) is 10.7. The van der Waals surface area contributed by atoms with Crippen LogP contribution >= 0.6 is 34.8 Å². The van der Waals surface area contributed by atoms with Crippen LogP contribution in [0.1, 0.15) is 23.6 Å². The van der Waals surface area contributed by atoms with E-state index in [4.69, 9.17) is 44.6 Å². The lowest BCUT2D eigenvalue weighted by molar-refractivity contribution is -0.144. The van der Waals surface area contributed by atoms with Gasteiger partial charge in [-0.15, -0.1) is 0 Å². The van der Waals surface area contributed by atoms with Gasteiger partial charge in [0.15, 0.2) is 0 Å². The molecule has 1 aromatic rings. The number of hydrogen-bond donors (Lipinski definition) is 3. The molecule has 0 aliphatic heterocycles. The number of esters is 1. The predicted octanol–water partition coefficient (Wildman–Crippen LogP) is 3.36. The van der Waals surface area contributed by atoms with E-state index in [2.05, 4.69) is 17.1 Å². The number of carbonyl (C=O) groups is 2. The predicted molar refractivity (Wildman–Crippen MR) is 102 cm³/mol. The summed E-state index contributed by atoms with van der Waals surface area (Å²) in [5, 5.41) is 10.7. The van der Waals surface area contributed by atoms with Gasteiger partial charge in [0.2, 0.25) is 3.79 Å². The molecule has 0 radical (unpaired) electrons. The van der Waals surface area contributed by atoms with Gasteiger partial charge in [-0.1, -0.05) is 40.9 Å². The SMILES string of the molecule is Cc1cc(C)c(N[C@@H](C)C(=O)OCC(Cl)(Cl)Cl)cc1C.NCC(=O)O. The first kappa shape index (κ1) is 23.8. The van der Waals surface area contributed by atoms with Gasteiger partial charge in [-0.2, -0.15) is 0 Å². The summed E-state index contributed by atoms with van der Waals surface area (Å²) in [5.41, 5.74) is 8.89. The van der Waals surface area contributed by atoms with Crippen molar-refractivity contribution in [2.45, 2.75) is 37.5 Å². The number of ether oxygens (including phenoxy) is 1. The summed E-state index contributed by atoms with van der Waals surface area (Å²) in [5.74, 6) is -1.43. The number of aliphatic carboxylic acids is 1. The number of nitrogens with two attached hydrogens (primary N) is 1. The number of aryl methyl sites for hydroxylation is 3. The van der Waals surface area contributed by atoms with Crippen LogP contribution < -0.4 is 11.1 Å². The molecular formula is C16H23Cl3N2O4. The average molecular weight is 414 g/mol.